The molecule has 2 aromatic heterocycles. The average molecular weight is 305 g/mol. The number of ether oxygens (including phenoxy) is 1. The Bertz CT molecular complexity index is 574. The number of hydrogen-bond acceptors (Lipinski definition) is 4. The summed E-state index contributed by atoms with van der Waals surface area (Å²) < 4.78 is 7.57. The van der Waals surface area contributed by atoms with Gasteiger partial charge in [0.2, 0.25) is 0 Å². The van der Waals surface area contributed by atoms with Gasteiger partial charge in [0, 0.05) is 16.3 Å². The molecule has 2 heterocycles. The van der Waals surface area contributed by atoms with Crippen molar-refractivity contribution in [2.24, 2.45) is 0 Å². The normalized spacial score (nSPS) is 15.2. The predicted molar refractivity (Wildman–Crippen MR) is 86.3 cm³/mol. The van der Waals surface area contributed by atoms with Crippen LogP contribution in [0.5, 0.6) is 5.75 Å². The third-order valence-electron chi connectivity index (χ3n) is 4.10. The van der Waals surface area contributed by atoms with Crippen molar-refractivity contribution in [2.75, 3.05) is 13.7 Å². The Morgan fingerprint density at radius 2 is 2.29 bits per heavy atom. The number of hydrogen-bond donors (Lipinski definition) is 1. The maximum absolute atomic E-state index is 5.54. The van der Waals surface area contributed by atoms with Gasteiger partial charge in [0.15, 0.2) is 5.75 Å². The van der Waals surface area contributed by atoms with E-state index < -0.39 is 0 Å². The van der Waals surface area contributed by atoms with Gasteiger partial charge < -0.3 is 10.1 Å². The van der Waals surface area contributed by atoms with Crippen LogP contribution in [0.15, 0.2) is 12.3 Å². The van der Waals surface area contributed by atoms with Crippen molar-refractivity contribution in [3.8, 4) is 5.75 Å². The lowest BCUT2D eigenvalue weighted by Crippen LogP contribution is -2.24. The summed E-state index contributed by atoms with van der Waals surface area (Å²) in [5, 5.41) is 8.06. The Morgan fingerprint density at radius 1 is 1.43 bits per heavy atom. The topological polar surface area (TPSA) is 39.1 Å². The van der Waals surface area contributed by atoms with Crippen molar-refractivity contribution in [1.82, 2.24) is 15.1 Å². The van der Waals surface area contributed by atoms with Gasteiger partial charge in [-0.15, -0.1) is 11.3 Å². The maximum atomic E-state index is 5.54. The highest BCUT2D eigenvalue weighted by Crippen LogP contribution is 2.38. The van der Waals surface area contributed by atoms with Gasteiger partial charge in [0.25, 0.3) is 0 Å². The minimum Gasteiger partial charge on any atom is -0.493 e. The smallest absolute Gasteiger partial charge is 0.161 e. The van der Waals surface area contributed by atoms with Crippen molar-refractivity contribution in [3.63, 3.8) is 0 Å². The summed E-state index contributed by atoms with van der Waals surface area (Å²) in [6.07, 6.45) is 5.60. The number of fused-ring (bicyclic) bond motifs is 1. The van der Waals surface area contributed by atoms with Gasteiger partial charge in [-0.25, -0.2) is 0 Å². The van der Waals surface area contributed by atoms with E-state index in [2.05, 4.69) is 30.3 Å². The molecule has 1 atom stereocenters. The Kier molecular flexibility index (Phi) is 4.31. The molecular weight excluding hydrogens is 282 g/mol. The molecule has 114 valence electrons. The highest BCUT2D eigenvalue weighted by molar-refractivity contribution is 7.12. The lowest BCUT2D eigenvalue weighted by atomic mass is 10.1. The molecule has 1 N–H and O–H groups in total. The van der Waals surface area contributed by atoms with Gasteiger partial charge in [0.1, 0.15) is 5.69 Å². The number of nitrogens with zero attached hydrogens (tertiary/aromatic N) is 2. The van der Waals surface area contributed by atoms with E-state index in [1.165, 1.54) is 24.1 Å². The molecule has 0 saturated carbocycles. The van der Waals surface area contributed by atoms with Gasteiger partial charge in [-0.05, 0) is 44.4 Å². The van der Waals surface area contributed by atoms with Crippen LogP contribution in [0.2, 0.25) is 0 Å². The first-order chi connectivity index (χ1) is 10.3. The summed E-state index contributed by atoms with van der Waals surface area (Å²) in [5.41, 5.74) is 2.68. The summed E-state index contributed by atoms with van der Waals surface area (Å²) in [4.78, 5) is 2.95. The van der Waals surface area contributed by atoms with Crippen LogP contribution >= 0.6 is 11.3 Å². The molecule has 21 heavy (non-hydrogen) atoms. The summed E-state index contributed by atoms with van der Waals surface area (Å²) in [5.74, 6) is 0.872. The molecule has 1 unspecified atom stereocenters. The number of nitrogens with one attached hydrogen (secondary N) is 1. The van der Waals surface area contributed by atoms with Crippen molar-refractivity contribution < 1.29 is 4.74 Å². The molecule has 2 aromatic rings. The second-order valence-electron chi connectivity index (χ2n) is 5.36. The SMILES string of the molecule is CCNC(c1cc2c(s1)CCC2)c1c(OC)cnn1CC. The number of aryl methyl sites for hydroxylation is 3. The van der Waals surface area contributed by atoms with E-state index in [0.29, 0.717) is 0 Å². The molecule has 3 rings (SSSR count). The van der Waals surface area contributed by atoms with E-state index in [4.69, 9.17) is 4.74 Å². The van der Waals surface area contributed by atoms with Crippen LogP contribution in [0.4, 0.5) is 0 Å². The largest absolute Gasteiger partial charge is 0.493 e. The van der Waals surface area contributed by atoms with Gasteiger partial charge in [0.05, 0.1) is 19.3 Å². The van der Waals surface area contributed by atoms with E-state index in [1.807, 2.05) is 22.2 Å². The molecule has 0 spiro atoms. The maximum Gasteiger partial charge on any atom is 0.161 e. The molecule has 4 nitrogen and oxygen atoms in total. The third kappa shape index (κ3) is 2.60. The molecule has 0 saturated heterocycles. The van der Waals surface area contributed by atoms with Crippen molar-refractivity contribution >= 4 is 11.3 Å². The van der Waals surface area contributed by atoms with Crippen LogP contribution in [0, 0.1) is 0 Å². The summed E-state index contributed by atoms with van der Waals surface area (Å²) in [6, 6.07) is 2.55. The van der Waals surface area contributed by atoms with Crippen LogP contribution in [0.25, 0.3) is 0 Å². The summed E-state index contributed by atoms with van der Waals surface area (Å²) in [6.45, 7) is 6.04. The lowest BCUT2D eigenvalue weighted by Gasteiger charge is -2.19. The van der Waals surface area contributed by atoms with Crippen molar-refractivity contribution in [2.45, 2.75) is 45.7 Å². The molecule has 0 amide bonds. The van der Waals surface area contributed by atoms with Gasteiger partial charge in [-0.1, -0.05) is 6.92 Å². The fourth-order valence-corrected chi connectivity index (χ4v) is 4.45. The minimum absolute atomic E-state index is 0.169. The molecule has 5 heteroatoms. The van der Waals surface area contributed by atoms with Gasteiger partial charge in [-0.3, -0.25) is 4.68 Å². The standard InChI is InChI=1S/C16H23N3OS/c1-4-17-15(14-9-11-7-6-8-13(11)21-14)16-12(20-3)10-18-19(16)5-2/h9-10,15,17H,4-8H2,1-3H3. The van der Waals surface area contributed by atoms with Crippen molar-refractivity contribution in [3.05, 3.63) is 33.3 Å². The lowest BCUT2D eigenvalue weighted by molar-refractivity contribution is 0.400. The number of thiophene rings is 1. The van der Waals surface area contributed by atoms with E-state index >= 15 is 0 Å². The van der Waals surface area contributed by atoms with Gasteiger partial charge in [-0.2, -0.15) is 5.10 Å². The monoisotopic (exact) mass is 305 g/mol. The highest BCUT2D eigenvalue weighted by Gasteiger charge is 2.26. The zero-order valence-electron chi connectivity index (χ0n) is 13.0. The Morgan fingerprint density at radius 3 is 2.95 bits per heavy atom. The van der Waals surface area contributed by atoms with E-state index in [1.54, 1.807) is 17.6 Å². The highest BCUT2D eigenvalue weighted by atomic mass is 32.1. The fraction of sp³-hybridized carbons (Fsp3) is 0.562. The third-order valence-corrected chi connectivity index (χ3v) is 5.40. The fourth-order valence-electron chi connectivity index (χ4n) is 3.11. The first-order valence-electron chi connectivity index (χ1n) is 7.73. The number of aromatic nitrogens is 2. The second kappa shape index (κ2) is 6.20. The Labute approximate surface area is 130 Å². The van der Waals surface area contributed by atoms with Crippen LogP contribution in [-0.2, 0) is 19.4 Å². The van der Waals surface area contributed by atoms with Crippen molar-refractivity contribution in [1.29, 1.82) is 0 Å². The minimum atomic E-state index is 0.169. The zero-order valence-corrected chi connectivity index (χ0v) is 13.8. The molecule has 0 fully saturated rings. The van der Waals surface area contributed by atoms with Crippen LogP contribution in [0.3, 0.4) is 0 Å². The Hall–Kier alpha value is -1.33. The molecule has 0 radical (unpaired) electrons. The molecule has 0 aliphatic heterocycles. The van der Waals surface area contributed by atoms with E-state index in [9.17, 15) is 0 Å². The first kappa shape index (κ1) is 14.6. The van der Waals surface area contributed by atoms with Crippen LogP contribution in [0.1, 0.15) is 47.3 Å². The zero-order chi connectivity index (χ0) is 14.8. The second-order valence-corrected chi connectivity index (χ2v) is 6.52. The Balaban J connectivity index is 2.02. The summed E-state index contributed by atoms with van der Waals surface area (Å²) in [7, 11) is 1.72. The number of rotatable bonds is 6. The molecular formula is C16H23N3OS. The molecule has 0 bridgehead atoms. The average Bonchev–Trinajstić information content (AvgIpc) is 3.17. The molecule has 1 aliphatic rings. The van der Waals surface area contributed by atoms with Crippen LogP contribution in [-0.4, -0.2) is 23.4 Å². The predicted octanol–water partition coefficient (Wildman–Crippen LogP) is 3.16. The summed E-state index contributed by atoms with van der Waals surface area (Å²) >= 11 is 1.95. The molecule has 0 aromatic carbocycles. The first-order valence-corrected chi connectivity index (χ1v) is 8.54. The van der Waals surface area contributed by atoms with E-state index in [-0.39, 0.29) is 6.04 Å². The van der Waals surface area contributed by atoms with Gasteiger partial charge >= 0.3 is 0 Å². The number of methoxy groups -OCH3 is 1. The van der Waals surface area contributed by atoms with E-state index in [0.717, 1.165) is 24.5 Å². The van der Waals surface area contributed by atoms with Crippen LogP contribution < -0.4 is 10.1 Å². The quantitative estimate of drug-likeness (QED) is 0.891. The molecule has 1 aliphatic carbocycles.